The first-order valence-corrected chi connectivity index (χ1v) is 5.25. The molecule has 2 aliphatic rings. The predicted molar refractivity (Wildman–Crippen MR) is 46.5 cm³/mol. The van der Waals surface area contributed by atoms with E-state index in [1.807, 2.05) is 0 Å². The second kappa shape index (κ2) is 3.14. The standard InChI is InChI=1S/C8H15NS/c1-2-7-3-4-8(10-7)6-9-5-1/h7-9H,1-6H2. The summed E-state index contributed by atoms with van der Waals surface area (Å²) in [5, 5.41) is 5.46. The van der Waals surface area contributed by atoms with Gasteiger partial charge in [-0.25, -0.2) is 0 Å². The topological polar surface area (TPSA) is 12.0 Å². The van der Waals surface area contributed by atoms with E-state index >= 15 is 0 Å². The van der Waals surface area contributed by atoms with Crippen LogP contribution in [0, 0.1) is 0 Å². The van der Waals surface area contributed by atoms with E-state index in [2.05, 4.69) is 17.1 Å². The third kappa shape index (κ3) is 1.48. The van der Waals surface area contributed by atoms with E-state index < -0.39 is 0 Å². The van der Waals surface area contributed by atoms with Crippen molar-refractivity contribution in [1.29, 1.82) is 0 Å². The molecule has 0 aliphatic carbocycles. The van der Waals surface area contributed by atoms with Gasteiger partial charge in [0.2, 0.25) is 0 Å². The van der Waals surface area contributed by atoms with Crippen LogP contribution < -0.4 is 5.32 Å². The maximum atomic E-state index is 3.49. The summed E-state index contributed by atoms with van der Waals surface area (Å²) in [7, 11) is 0. The van der Waals surface area contributed by atoms with Crippen LogP contribution in [0.5, 0.6) is 0 Å². The van der Waals surface area contributed by atoms with E-state index in [1.165, 1.54) is 38.8 Å². The summed E-state index contributed by atoms with van der Waals surface area (Å²) in [6.45, 7) is 2.52. The Labute approximate surface area is 67.0 Å². The summed E-state index contributed by atoms with van der Waals surface area (Å²) < 4.78 is 0. The Balaban J connectivity index is 1.91. The van der Waals surface area contributed by atoms with Crippen LogP contribution in [0.15, 0.2) is 0 Å². The molecule has 0 aromatic rings. The number of hydrogen-bond acceptors (Lipinski definition) is 2. The molecule has 2 saturated heterocycles. The Bertz CT molecular complexity index is 104. The van der Waals surface area contributed by atoms with Gasteiger partial charge in [0.05, 0.1) is 0 Å². The summed E-state index contributed by atoms with van der Waals surface area (Å²) in [5.41, 5.74) is 0. The molecule has 0 aromatic carbocycles. The minimum absolute atomic E-state index is 0.949. The third-order valence-electron chi connectivity index (χ3n) is 2.45. The first-order chi connectivity index (χ1) is 4.95. The van der Waals surface area contributed by atoms with Gasteiger partial charge in [0.1, 0.15) is 0 Å². The zero-order chi connectivity index (χ0) is 6.81. The molecular formula is C8H15NS. The Morgan fingerprint density at radius 1 is 1.10 bits per heavy atom. The van der Waals surface area contributed by atoms with Crippen LogP contribution in [0.3, 0.4) is 0 Å². The van der Waals surface area contributed by atoms with E-state index in [0.29, 0.717) is 0 Å². The third-order valence-corrected chi connectivity index (χ3v) is 4.09. The molecule has 0 saturated carbocycles. The van der Waals surface area contributed by atoms with Crippen molar-refractivity contribution >= 4 is 11.8 Å². The molecule has 2 unspecified atom stereocenters. The number of hydrogen-bond donors (Lipinski definition) is 1. The summed E-state index contributed by atoms with van der Waals surface area (Å²) in [5.74, 6) is 0. The Morgan fingerprint density at radius 2 is 2.00 bits per heavy atom. The van der Waals surface area contributed by atoms with Crippen molar-refractivity contribution in [3.8, 4) is 0 Å². The average molecular weight is 157 g/mol. The van der Waals surface area contributed by atoms with Crippen molar-refractivity contribution in [3.63, 3.8) is 0 Å². The van der Waals surface area contributed by atoms with Gasteiger partial charge in [0.15, 0.2) is 0 Å². The molecule has 0 radical (unpaired) electrons. The van der Waals surface area contributed by atoms with Crippen LogP contribution in [-0.2, 0) is 0 Å². The van der Waals surface area contributed by atoms with Crippen LogP contribution >= 0.6 is 11.8 Å². The van der Waals surface area contributed by atoms with E-state index in [-0.39, 0.29) is 0 Å². The fourth-order valence-electron chi connectivity index (χ4n) is 1.86. The summed E-state index contributed by atoms with van der Waals surface area (Å²) in [4.78, 5) is 0. The highest BCUT2D eigenvalue weighted by molar-refractivity contribution is 8.00. The molecule has 2 fully saturated rings. The minimum atomic E-state index is 0.949. The van der Waals surface area contributed by atoms with Crippen LogP contribution in [0.25, 0.3) is 0 Å². The van der Waals surface area contributed by atoms with Gasteiger partial charge in [0.25, 0.3) is 0 Å². The van der Waals surface area contributed by atoms with E-state index in [1.54, 1.807) is 0 Å². The molecule has 0 amide bonds. The molecule has 58 valence electrons. The fourth-order valence-corrected chi connectivity index (χ4v) is 3.47. The second-order valence-corrected chi connectivity index (χ2v) is 4.91. The van der Waals surface area contributed by atoms with Gasteiger partial charge in [-0.15, -0.1) is 0 Å². The highest BCUT2D eigenvalue weighted by atomic mass is 32.2. The molecule has 0 spiro atoms. The lowest BCUT2D eigenvalue weighted by molar-refractivity contribution is 0.627. The van der Waals surface area contributed by atoms with Crippen LogP contribution in [0.4, 0.5) is 0 Å². The average Bonchev–Trinajstić information content (AvgIpc) is 2.30. The Kier molecular flexibility index (Phi) is 2.19. The quantitative estimate of drug-likeness (QED) is 0.573. The Hall–Kier alpha value is 0.310. The molecule has 1 N–H and O–H groups in total. The number of rotatable bonds is 0. The number of fused-ring (bicyclic) bond motifs is 2. The molecule has 2 heteroatoms. The van der Waals surface area contributed by atoms with Gasteiger partial charge >= 0.3 is 0 Å². The number of thioether (sulfide) groups is 1. The van der Waals surface area contributed by atoms with Crippen molar-refractivity contribution in [3.05, 3.63) is 0 Å². The number of nitrogens with one attached hydrogen (secondary N) is 1. The summed E-state index contributed by atoms with van der Waals surface area (Å²) in [6, 6.07) is 0. The highest BCUT2D eigenvalue weighted by Crippen LogP contribution is 2.36. The van der Waals surface area contributed by atoms with Gasteiger partial charge in [-0.05, 0) is 32.2 Å². The first kappa shape index (κ1) is 6.99. The van der Waals surface area contributed by atoms with E-state index in [4.69, 9.17) is 0 Å². The molecule has 0 aromatic heterocycles. The highest BCUT2D eigenvalue weighted by Gasteiger charge is 2.25. The molecule has 2 aliphatic heterocycles. The smallest absolute Gasteiger partial charge is 0.0175 e. The van der Waals surface area contributed by atoms with Gasteiger partial charge in [-0.2, -0.15) is 11.8 Å². The largest absolute Gasteiger partial charge is 0.316 e. The van der Waals surface area contributed by atoms with Gasteiger partial charge in [0, 0.05) is 17.0 Å². The maximum Gasteiger partial charge on any atom is 0.0175 e. The van der Waals surface area contributed by atoms with Crippen molar-refractivity contribution in [2.75, 3.05) is 13.1 Å². The second-order valence-electron chi connectivity index (χ2n) is 3.30. The van der Waals surface area contributed by atoms with Crippen LogP contribution in [0.1, 0.15) is 25.7 Å². The van der Waals surface area contributed by atoms with Crippen LogP contribution in [0.2, 0.25) is 0 Å². The normalized spacial score (nSPS) is 40.8. The van der Waals surface area contributed by atoms with Crippen molar-refractivity contribution < 1.29 is 0 Å². The van der Waals surface area contributed by atoms with Gasteiger partial charge in [-0.1, -0.05) is 0 Å². The van der Waals surface area contributed by atoms with Gasteiger partial charge in [-0.3, -0.25) is 0 Å². The van der Waals surface area contributed by atoms with E-state index in [9.17, 15) is 0 Å². The monoisotopic (exact) mass is 157 g/mol. The lowest BCUT2D eigenvalue weighted by Gasteiger charge is -2.16. The predicted octanol–water partition coefficient (Wildman–Crippen LogP) is 1.63. The molecule has 2 bridgehead atoms. The SMILES string of the molecule is C1CNCC2CCC(C1)S2. The summed E-state index contributed by atoms with van der Waals surface area (Å²) >= 11 is 2.22. The zero-order valence-electron chi connectivity index (χ0n) is 6.31. The first-order valence-electron chi connectivity index (χ1n) is 4.31. The molecule has 2 rings (SSSR count). The summed E-state index contributed by atoms with van der Waals surface area (Å²) in [6.07, 6.45) is 5.79. The fraction of sp³-hybridized carbons (Fsp3) is 1.00. The molecule has 10 heavy (non-hydrogen) atoms. The van der Waals surface area contributed by atoms with Gasteiger partial charge < -0.3 is 5.32 Å². The lowest BCUT2D eigenvalue weighted by Crippen LogP contribution is -2.25. The van der Waals surface area contributed by atoms with Crippen molar-refractivity contribution in [2.45, 2.75) is 36.2 Å². The lowest BCUT2D eigenvalue weighted by atomic mass is 10.1. The minimum Gasteiger partial charge on any atom is -0.316 e. The molecule has 1 nitrogen and oxygen atoms in total. The zero-order valence-corrected chi connectivity index (χ0v) is 7.12. The van der Waals surface area contributed by atoms with Crippen LogP contribution in [-0.4, -0.2) is 23.6 Å². The maximum absolute atomic E-state index is 3.49. The Morgan fingerprint density at radius 3 is 3.00 bits per heavy atom. The molecular weight excluding hydrogens is 142 g/mol. The van der Waals surface area contributed by atoms with E-state index in [0.717, 1.165) is 10.5 Å². The van der Waals surface area contributed by atoms with Crippen molar-refractivity contribution in [2.24, 2.45) is 0 Å². The van der Waals surface area contributed by atoms with Crippen molar-refractivity contribution in [1.82, 2.24) is 5.32 Å². The molecule has 2 atom stereocenters. The molecule has 2 heterocycles.